The van der Waals surface area contributed by atoms with Gasteiger partial charge in [-0.1, -0.05) is 6.07 Å². The van der Waals surface area contributed by atoms with E-state index in [0.29, 0.717) is 0 Å². The molecule has 0 fully saturated rings. The molecule has 0 aromatic carbocycles. The molecule has 0 unspecified atom stereocenters. The molecule has 0 radical (unpaired) electrons. The first-order valence-corrected chi connectivity index (χ1v) is 6.75. The minimum Gasteiger partial charge on any atom is -0.316 e. The van der Waals surface area contributed by atoms with Crippen LogP contribution in [0.15, 0.2) is 48.2 Å². The van der Waals surface area contributed by atoms with Crippen molar-refractivity contribution in [3.05, 3.63) is 53.8 Å². The van der Waals surface area contributed by atoms with Gasteiger partial charge in [0.1, 0.15) is 5.82 Å². The van der Waals surface area contributed by atoms with Crippen molar-refractivity contribution in [2.45, 2.75) is 6.92 Å². The molecule has 0 atom stereocenters. The molecule has 3 aromatic heterocycles. The van der Waals surface area contributed by atoms with Gasteiger partial charge < -0.3 is 5.32 Å². The first-order valence-electron chi connectivity index (χ1n) is 5.87. The molecular formula is C14H12N4S. The second kappa shape index (κ2) is 5.16. The van der Waals surface area contributed by atoms with Crippen LogP contribution in [0.5, 0.6) is 0 Å². The van der Waals surface area contributed by atoms with Gasteiger partial charge >= 0.3 is 0 Å². The van der Waals surface area contributed by atoms with Crippen LogP contribution in [0.1, 0.15) is 5.56 Å². The third kappa shape index (κ3) is 2.77. The van der Waals surface area contributed by atoms with Gasteiger partial charge in [-0.15, -0.1) is 11.3 Å². The number of thiazole rings is 1. The lowest BCUT2D eigenvalue weighted by molar-refractivity contribution is 1.25. The van der Waals surface area contributed by atoms with E-state index in [0.717, 1.165) is 27.8 Å². The normalized spacial score (nSPS) is 10.4. The predicted molar refractivity (Wildman–Crippen MR) is 77.6 cm³/mol. The number of hydrogen-bond donors (Lipinski definition) is 1. The Kier molecular flexibility index (Phi) is 3.20. The summed E-state index contributed by atoms with van der Waals surface area (Å²) in [5.41, 5.74) is 3.15. The van der Waals surface area contributed by atoms with Crippen LogP contribution >= 0.6 is 11.3 Å². The van der Waals surface area contributed by atoms with Gasteiger partial charge in [0, 0.05) is 29.5 Å². The number of pyridine rings is 2. The Bertz CT molecular complexity index is 661. The maximum Gasteiger partial charge on any atom is 0.188 e. The first-order chi connectivity index (χ1) is 9.31. The van der Waals surface area contributed by atoms with Crippen molar-refractivity contribution >= 4 is 22.3 Å². The fourth-order valence-electron chi connectivity index (χ4n) is 1.64. The summed E-state index contributed by atoms with van der Waals surface area (Å²) in [6.45, 7) is 2.02. The van der Waals surface area contributed by atoms with Gasteiger partial charge in [-0.05, 0) is 30.7 Å². The Morgan fingerprint density at radius 3 is 2.68 bits per heavy atom. The first kappa shape index (κ1) is 11.8. The molecule has 3 rings (SSSR count). The average Bonchev–Trinajstić information content (AvgIpc) is 2.91. The van der Waals surface area contributed by atoms with Crippen LogP contribution in [0.25, 0.3) is 11.3 Å². The van der Waals surface area contributed by atoms with Gasteiger partial charge in [-0.2, -0.15) is 0 Å². The quantitative estimate of drug-likeness (QED) is 0.787. The van der Waals surface area contributed by atoms with E-state index >= 15 is 0 Å². The topological polar surface area (TPSA) is 50.7 Å². The Labute approximate surface area is 115 Å². The largest absolute Gasteiger partial charge is 0.316 e. The third-order valence-corrected chi connectivity index (χ3v) is 3.38. The fourth-order valence-corrected chi connectivity index (χ4v) is 2.36. The van der Waals surface area contributed by atoms with Crippen molar-refractivity contribution in [3.8, 4) is 11.3 Å². The zero-order valence-corrected chi connectivity index (χ0v) is 11.2. The maximum atomic E-state index is 4.54. The van der Waals surface area contributed by atoms with Gasteiger partial charge in [0.15, 0.2) is 5.13 Å². The smallest absolute Gasteiger partial charge is 0.188 e. The van der Waals surface area contributed by atoms with Crippen molar-refractivity contribution in [1.29, 1.82) is 0 Å². The van der Waals surface area contributed by atoms with Crippen molar-refractivity contribution in [2.24, 2.45) is 0 Å². The van der Waals surface area contributed by atoms with Crippen LogP contribution in [-0.4, -0.2) is 15.0 Å². The second-order valence-electron chi connectivity index (χ2n) is 4.12. The molecule has 3 aromatic rings. The van der Waals surface area contributed by atoms with Gasteiger partial charge in [-0.3, -0.25) is 4.98 Å². The minimum atomic E-state index is 0.807. The Morgan fingerprint density at radius 2 is 1.95 bits per heavy atom. The number of nitrogens with one attached hydrogen (secondary N) is 1. The highest BCUT2D eigenvalue weighted by Crippen LogP contribution is 2.26. The van der Waals surface area contributed by atoms with Gasteiger partial charge in [0.25, 0.3) is 0 Å². The molecule has 19 heavy (non-hydrogen) atoms. The molecule has 4 nitrogen and oxygen atoms in total. The second-order valence-corrected chi connectivity index (χ2v) is 4.98. The summed E-state index contributed by atoms with van der Waals surface area (Å²) < 4.78 is 0. The lowest BCUT2D eigenvalue weighted by atomic mass is 10.2. The van der Waals surface area contributed by atoms with E-state index in [1.54, 1.807) is 23.7 Å². The molecule has 0 amide bonds. The van der Waals surface area contributed by atoms with Crippen LogP contribution in [0.2, 0.25) is 0 Å². The van der Waals surface area contributed by atoms with Gasteiger partial charge in [0.05, 0.1) is 5.69 Å². The number of hydrogen-bond acceptors (Lipinski definition) is 5. The molecule has 0 aliphatic carbocycles. The van der Waals surface area contributed by atoms with Crippen LogP contribution < -0.4 is 5.32 Å². The summed E-state index contributed by atoms with van der Waals surface area (Å²) in [5, 5.41) is 6.06. The van der Waals surface area contributed by atoms with Crippen LogP contribution in [0.4, 0.5) is 10.9 Å². The molecule has 0 aliphatic heterocycles. The molecule has 1 N–H and O–H groups in total. The standard InChI is InChI=1S/C14H12N4S/c1-10-2-3-13(16-8-10)18-14-17-12(9-19-14)11-4-6-15-7-5-11/h2-9H,1H3,(H,16,17,18). The lowest BCUT2D eigenvalue weighted by Crippen LogP contribution is -1.92. The Hall–Kier alpha value is -2.27. The molecule has 94 valence electrons. The number of anilines is 2. The summed E-state index contributed by atoms with van der Waals surface area (Å²) in [6, 6.07) is 7.86. The van der Waals surface area contributed by atoms with Crippen molar-refractivity contribution in [3.63, 3.8) is 0 Å². The van der Waals surface area contributed by atoms with Crippen molar-refractivity contribution in [2.75, 3.05) is 5.32 Å². The summed E-state index contributed by atoms with van der Waals surface area (Å²) in [5.74, 6) is 0.807. The molecule has 5 heteroatoms. The summed E-state index contributed by atoms with van der Waals surface area (Å²) >= 11 is 1.56. The van der Waals surface area contributed by atoms with E-state index in [1.807, 2.05) is 42.8 Å². The van der Waals surface area contributed by atoms with Crippen molar-refractivity contribution < 1.29 is 0 Å². The van der Waals surface area contributed by atoms with E-state index in [-0.39, 0.29) is 0 Å². The number of aromatic nitrogens is 3. The van der Waals surface area contributed by atoms with E-state index < -0.39 is 0 Å². The van der Waals surface area contributed by atoms with Gasteiger partial charge in [0.2, 0.25) is 0 Å². The summed E-state index contributed by atoms with van der Waals surface area (Å²) in [7, 11) is 0. The van der Waals surface area contributed by atoms with E-state index in [1.165, 1.54) is 0 Å². The van der Waals surface area contributed by atoms with Crippen LogP contribution in [0, 0.1) is 6.92 Å². The number of aryl methyl sites for hydroxylation is 1. The summed E-state index contributed by atoms with van der Waals surface area (Å²) in [4.78, 5) is 12.8. The van der Waals surface area contributed by atoms with Crippen molar-refractivity contribution in [1.82, 2.24) is 15.0 Å². The minimum absolute atomic E-state index is 0.807. The molecule has 0 saturated heterocycles. The van der Waals surface area contributed by atoms with E-state index in [2.05, 4.69) is 20.3 Å². The Balaban J connectivity index is 1.80. The molecule has 0 aliphatic rings. The monoisotopic (exact) mass is 268 g/mol. The third-order valence-electron chi connectivity index (χ3n) is 2.63. The number of rotatable bonds is 3. The zero-order valence-electron chi connectivity index (χ0n) is 10.4. The Morgan fingerprint density at radius 1 is 1.11 bits per heavy atom. The molecule has 0 spiro atoms. The molecular weight excluding hydrogens is 256 g/mol. The summed E-state index contributed by atoms with van der Waals surface area (Å²) in [6.07, 6.45) is 5.37. The van der Waals surface area contributed by atoms with Crippen LogP contribution in [0.3, 0.4) is 0 Å². The highest BCUT2D eigenvalue weighted by molar-refractivity contribution is 7.14. The molecule has 3 heterocycles. The van der Waals surface area contributed by atoms with Crippen LogP contribution in [-0.2, 0) is 0 Å². The number of nitrogens with zero attached hydrogens (tertiary/aromatic N) is 3. The highest BCUT2D eigenvalue weighted by atomic mass is 32.1. The molecule has 0 saturated carbocycles. The SMILES string of the molecule is Cc1ccc(Nc2nc(-c3ccncc3)cs2)nc1. The zero-order chi connectivity index (χ0) is 13.1. The maximum absolute atomic E-state index is 4.54. The highest BCUT2D eigenvalue weighted by Gasteiger charge is 2.04. The average molecular weight is 268 g/mol. The van der Waals surface area contributed by atoms with Gasteiger partial charge in [-0.25, -0.2) is 9.97 Å². The van der Waals surface area contributed by atoms with E-state index in [4.69, 9.17) is 0 Å². The fraction of sp³-hybridized carbons (Fsp3) is 0.0714. The predicted octanol–water partition coefficient (Wildman–Crippen LogP) is 3.65. The molecule has 0 bridgehead atoms. The van der Waals surface area contributed by atoms with E-state index in [9.17, 15) is 0 Å². The lowest BCUT2D eigenvalue weighted by Gasteiger charge is -2.01.